The molecule has 0 saturated heterocycles. The first kappa shape index (κ1) is 19.7. The first-order valence-corrected chi connectivity index (χ1v) is 9.73. The van der Waals surface area contributed by atoms with E-state index in [2.05, 4.69) is 15.6 Å². The fourth-order valence-corrected chi connectivity index (χ4v) is 3.33. The number of nitrogens with one attached hydrogen (secondary N) is 1. The molecule has 4 aromatic rings. The maximum absolute atomic E-state index is 12.1. The van der Waals surface area contributed by atoms with Crippen LogP contribution in [0.1, 0.15) is 11.3 Å². The lowest BCUT2D eigenvalue weighted by Crippen LogP contribution is -2.24. The Balaban J connectivity index is 1.37. The lowest BCUT2D eigenvalue weighted by atomic mass is 10.1. The van der Waals surface area contributed by atoms with Crippen molar-refractivity contribution in [1.29, 1.82) is 0 Å². The number of benzene rings is 3. The number of hydrazone groups is 1. The number of fused-ring (bicyclic) bond motifs is 1. The van der Waals surface area contributed by atoms with Crippen LogP contribution in [0.5, 0.6) is 5.75 Å². The Hall–Kier alpha value is -3.64. The zero-order valence-electron chi connectivity index (χ0n) is 16.2. The largest absolute Gasteiger partial charge is 0.484 e. The van der Waals surface area contributed by atoms with Crippen molar-refractivity contribution in [2.24, 2.45) is 5.10 Å². The molecule has 4 rings (SSSR count). The monoisotopic (exact) mass is 418 g/mol. The molecule has 0 saturated carbocycles. The Labute approximate surface area is 178 Å². The summed E-state index contributed by atoms with van der Waals surface area (Å²) in [7, 11) is 0. The van der Waals surface area contributed by atoms with Crippen molar-refractivity contribution in [2.45, 2.75) is 6.92 Å². The minimum absolute atomic E-state index is 0.147. The van der Waals surface area contributed by atoms with Gasteiger partial charge in [0.2, 0.25) is 0 Å². The average molecular weight is 419 g/mol. The van der Waals surface area contributed by atoms with Gasteiger partial charge >= 0.3 is 0 Å². The average Bonchev–Trinajstić information content (AvgIpc) is 3.06. The van der Waals surface area contributed by atoms with Crippen molar-refractivity contribution in [2.75, 3.05) is 6.61 Å². The van der Waals surface area contributed by atoms with E-state index in [0.29, 0.717) is 22.2 Å². The van der Waals surface area contributed by atoms with Crippen molar-refractivity contribution in [1.82, 2.24) is 15.2 Å². The predicted molar refractivity (Wildman–Crippen MR) is 118 cm³/mol. The number of halogens is 1. The van der Waals surface area contributed by atoms with Crippen LogP contribution in [0.25, 0.3) is 16.5 Å². The van der Waals surface area contributed by atoms with Gasteiger partial charge in [0.1, 0.15) is 10.9 Å². The van der Waals surface area contributed by atoms with Gasteiger partial charge in [-0.3, -0.25) is 4.79 Å². The number of nitrogens with zero attached hydrogens (tertiary/aromatic N) is 3. The van der Waals surface area contributed by atoms with Crippen LogP contribution in [-0.2, 0) is 4.79 Å². The van der Waals surface area contributed by atoms with Crippen molar-refractivity contribution in [3.8, 4) is 11.4 Å². The highest BCUT2D eigenvalue weighted by molar-refractivity contribution is 6.32. The fraction of sp³-hybridized carbons (Fsp3) is 0.0870. The molecule has 0 bridgehead atoms. The van der Waals surface area contributed by atoms with Crippen LogP contribution in [0, 0.1) is 6.92 Å². The summed E-state index contributed by atoms with van der Waals surface area (Å²) in [4.78, 5) is 12.1. The minimum Gasteiger partial charge on any atom is -0.484 e. The van der Waals surface area contributed by atoms with Gasteiger partial charge in [-0.25, -0.2) is 10.1 Å². The summed E-state index contributed by atoms with van der Waals surface area (Å²) in [6.07, 6.45) is 1.48. The molecule has 7 heteroatoms. The second kappa shape index (κ2) is 8.80. The van der Waals surface area contributed by atoms with Crippen LogP contribution in [0.4, 0.5) is 0 Å². The number of aryl methyl sites for hydroxylation is 1. The standard InChI is InChI=1S/C23H19ClN4O2/c1-16-21(23(24)28(27-16)19-9-3-2-4-10-19)14-25-26-22(29)15-30-20-12-11-17-7-5-6-8-18(17)13-20/h2-14H,15H2,1H3,(H,26,29)/b25-14-. The number of hydrogen-bond donors (Lipinski definition) is 1. The number of hydrogen-bond acceptors (Lipinski definition) is 4. The maximum Gasteiger partial charge on any atom is 0.277 e. The summed E-state index contributed by atoms with van der Waals surface area (Å²) >= 11 is 6.44. The molecule has 150 valence electrons. The number of aromatic nitrogens is 2. The molecule has 0 fully saturated rings. The number of carbonyl (C=O) groups excluding carboxylic acids is 1. The smallest absolute Gasteiger partial charge is 0.277 e. The first-order chi connectivity index (χ1) is 14.6. The zero-order valence-corrected chi connectivity index (χ0v) is 17.0. The van der Waals surface area contributed by atoms with E-state index in [4.69, 9.17) is 16.3 Å². The molecule has 0 atom stereocenters. The Morgan fingerprint density at radius 3 is 2.63 bits per heavy atom. The molecular weight excluding hydrogens is 400 g/mol. The van der Waals surface area contributed by atoms with Crippen LogP contribution >= 0.6 is 11.6 Å². The van der Waals surface area contributed by atoms with Crippen molar-refractivity contribution in [3.63, 3.8) is 0 Å². The van der Waals surface area contributed by atoms with Gasteiger partial charge < -0.3 is 4.74 Å². The third-order valence-electron chi connectivity index (χ3n) is 4.52. The van der Waals surface area contributed by atoms with E-state index in [9.17, 15) is 4.79 Å². The molecule has 1 aromatic heterocycles. The molecule has 0 aliphatic heterocycles. The lowest BCUT2D eigenvalue weighted by Gasteiger charge is -2.06. The summed E-state index contributed by atoms with van der Waals surface area (Å²) in [5, 5.41) is 11.0. The first-order valence-electron chi connectivity index (χ1n) is 9.36. The van der Waals surface area contributed by atoms with Gasteiger partial charge in [-0.05, 0) is 42.0 Å². The summed E-state index contributed by atoms with van der Waals surface area (Å²) in [6, 6.07) is 23.2. The van der Waals surface area contributed by atoms with Gasteiger partial charge in [-0.1, -0.05) is 60.1 Å². The van der Waals surface area contributed by atoms with Crippen LogP contribution in [-0.4, -0.2) is 28.5 Å². The Morgan fingerprint density at radius 2 is 1.83 bits per heavy atom. The van der Waals surface area contributed by atoms with Crippen LogP contribution < -0.4 is 10.2 Å². The van der Waals surface area contributed by atoms with Gasteiger partial charge in [-0.2, -0.15) is 10.2 Å². The van der Waals surface area contributed by atoms with E-state index in [0.717, 1.165) is 16.5 Å². The van der Waals surface area contributed by atoms with Gasteiger partial charge in [0, 0.05) is 0 Å². The summed E-state index contributed by atoms with van der Waals surface area (Å²) in [6.45, 7) is 1.68. The van der Waals surface area contributed by atoms with Crippen molar-refractivity contribution >= 4 is 34.5 Å². The van der Waals surface area contributed by atoms with E-state index in [1.165, 1.54) is 6.21 Å². The number of para-hydroxylation sites is 1. The third kappa shape index (κ3) is 4.34. The molecule has 1 N–H and O–H groups in total. The fourth-order valence-electron chi connectivity index (χ4n) is 3.01. The highest BCUT2D eigenvalue weighted by Gasteiger charge is 2.13. The van der Waals surface area contributed by atoms with E-state index < -0.39 is 0 Å². The molecular formula is C23H19ClN4O2. The Bertz CT molecular complexity index is 1220. The molecule has 30 heavy (non-hydrogen) atoms. The summed E-state index contributed by atoms with van der Waals surface area (Å²) < 4.78 is 7.19. The van der Waals surface area contributed by atoms with E-state index in [1.807, 2.05) is 79.7 Å². The van der Waals surface area contributed by atoms with Crippen molar-refractivity contribution < 1.29 is 9.53 Å². The summed E-state index contributed by atoms with van der Waals surface area (Å²) in [5.41, 5.74) is 4.64. The van der Waals surface area contributed by atoms with E-state index in [-0.39, 0.29) is 12.5 Å². The van der Waals surface area contributed by atoms with Gasteiger partial charge in [0.05, 0.1) is 23.2 Å². The van der Waals surface area contributed by atoms with E-state index in [1.54, 1.807) is 4.68 Å². The molecule has 0 aliphatic rings. The molecule has 0 radical (unpaired) electrons. The molecule has 0 spiro atoms. The number of amides is 1. The van der Waals surface area contributed by atoms with Crippen LogP contribution in [0.15, 0.2) is 77.9 Å². The molecule has 6 nitrogen and oxygen atoms in total. The topological polar surface area (TPSA) is 68.5 Å². The van der Waals surface area contributed by atoms with Crippen LogP contribution in [0.3, 0.4) is 0 Å². The van der Waals surface area contributed by atoms with Crippen LogP contribution in [0.2, 0.25) is 5.15 Å². The summed E-state index contributed by atoms with van der Waals surface area (Å²) in [5.74, 6) is 0.250. The maximum atomic E-state index is 12.1. The third-order valence-corrected chi connectivity index (χ3v) is 4.89. The minimum atomic E-state index is -0.372. The second-order valence-corrected chi connectivity index (χ2v) is 6.99. The van der Waals surface area contributed by atoms with Crippen molar-refractivity contribution in [3.05, 3.63) is 89.2 Å². The SMILES string of the molecule is Cc1nn(-c2ccccc2)c(Cl)c1/C=N\NC(=O)COc1ccc2ccccc2c1. The molecule has 0 aliphatic carbocycles. The zero-order chi connectivity index (χ0) is 20.9. The van der Waals surface area contributed by atoms with E-state index >= 15 is 0 Å². The highest BCUT2D eigenvalue weighted by atomic mass is 35.5. The van der Waals surface area contributed by atoms with Gasteiger partial charge in [0.15, 0.2) is 6.61 Å². The van der Waals surface area contributed by atoms with Gasteiger partial charge in [0.25, 0.3) is 5.91 Å². The number of rotatable bonds is 6. The number of ether oxygens (including phenoxy) is 1. The molecule has 1 heterocycles. The second-order valence-electron chi connectivity index (χ2n) is 6.63. The quantitative estimate of drug-likeness (QED) is 0.370. The number of carbonyl (C=O) groups is 1. The van der Waals surface area contributed by atoms with Gasteiger partial charge in [-0.15, -0.1) is 0 Å². The molecule has 3 aromatic carbocycles. The highest BCUT2D eigenvalue weighted by Crippen LogP contribution is 2.22. The Kier molecular flexibility index (Phi) is 5.77. The molecule has 0 unspecified atom stereocenters. The lowest BCUT2D eigenvalue weighted by molar-refractivity contribution is -0.123. The predicted octanol–water partition coefficient (Wildman–Crippen LogP) is 4.52. The molecule has 1 amide bonds. The Morgan fingerprint density at radius 1 is 1.10 bits per heavy atom. The normalized spacial score (nSPS) is 11.1.